The van der Waals surface area contributed by atoms with E-state index in [1.807, 2.05) is 6.92 Å². The normalized spacial score (nSPS) is 33.8. The highest BCUT2D eigenvalue weighted by molar-refractivity contribution is 6.05. The van der Waals surface area contributed by atoms with Crippen molar-refractivity contribution in [1.29, 1.82) is 0 Å². The third-order valence-corrected chi connectivity index (χ3v) is 3.73. The van der Waals surface area contributed by atoms with Crippen LogP contribution in [-0.2, 0) is 14.3 Å². The second kappa shape index (κ2) is 5.14. The number of likely N-dealkylation sites (tertiary alicyclic amines) is 1. The lowest BCUT2D eigenvalue weighted by Gasteiger charge is -2.22. The maximum absolute atomic E-state index is 11.9. The van der Waals surface area contributed by atoms with Gasteiger partial charge in [0.2, 0.25) is 11.8 Å². The van der Waals surface area contributed by atoms with Crippen LogP contribution in [0, 0.1) is 0 Å². The molecule has 1 saturated carbocycles. The van der Waals surface area contributed by atoms with E-state index < -0.39 is 0 Å². The second-order valence-corrected chi connectivity index (χ2v) is 4.71. The Kier molecular flexibility index (Phi) is 3.79. The lowest BCUT2D eigenvalue weighted by molar-refractivity contribution is -0.138. The monoisotopic (exact) mass is 240 g/mol. The molecule has 2 aliphatic rings. The lowest BCUT2D eigenvalue weighted by Crippen LogP contribution is -2.47. The Balaban J connectivity index is 1.96. The van der Waals surface area contributed by atoms with Gasteiger partial charge in [0.25, 0.3) is 0 Å². The van der Waals surface area contributed by atoms with Gasteiger partial charge in [-0.1, -0.05) is 0 Å². The highest BCUT2D eigenvalue weighted by Crippen LogP contribution is 2.23. The molecule has 0 radical (unpaired) electrons. The average molecular weight is 240 g/mol. The fourth-order valence-corrected chi connectivity index (χ4v) is 2.80. The van der Waals surface area contributed by atoms with E-state index in [0.717, 1.165) is 19.3 Å². The van der Waals surface area contributed by atoms with Gasteiger partial charge in [-0.3, -0.25) is 14.5 Å². The summed E-state index contributed by atoms with van der Waals surface area (Å²) in [6.45, 7) is 2.29. The molecule has 96 valence electrons. The number of amides is 2. The number of nitrogens with zero attached hydrogens (tertiary/aromatic N) is 1. The number of rotatable bonds is 4. The summed E-state index contributed by atoms with van der Waals surface area (Å²) in [5.74, 6) is -0.152. The molecule has 1 aliphatic heterocycles. The molecule has 2 fully saturated rings. The molecule has 2 rings (SSSR count). The van der Waals surface area contributed by atoms with Crippen molar-refractivity contribution in [3.8, 4) is 0 Å². The van der Waals surface area contributed by atoms with E-state index in [-0.39, 0.29) is 30.0 Å². The maximum Gasteiger partial charge on any atom is 0.246 e. The smallest absolute Gasteiger partial charge is 0.246 e. The summed E-state index contributed by atoms with van der Waals surface area (Å²) >= 11 is 0. The number of hydrogen-bond acceptors (Lipinski definition) is 4. The summed E-state index contributed by atoms with van der Waals surface area (Å²) in [4.78, 5) is 24.8. The van der Waals surface area contributed by atoms with Crippen molar-refractivity contribution >= 4 is 11.8 Å². The van der Waals surface area contributed by atoms with Crippen LogP contribution in [0.15, 0.2) is 0 Å². The van der Waals surface area contributed by atoms with Crippen LogP contribution >= 0.6 is 0 Å². The number of nitrogens with one attached hydrogen (secondary N) is 1. The summed E-state index contributed by atoms with van der Waals surface area (Å²) in [5, 5.41) is 3.29. The molecular formula is C12H20N2O3. The topological polar surface area (TPSA) is 58.6 Å². The summed E-state index contributed by atoms with van der Waals surface area (Å²) in [7, 11) is 1.70. The van der Waals surface area contributed by atoms with E-state index >= 15 is 0 Å². The molecule has 3 atom stereocenters. The van der Waals surface area contributed by atoms with Crippen molar-refractivity contribution in [3.63, 3.8) is 0 Å². The molecule has 0 spiro atoms. The molecule has 5 heteroatoms. The van der Waals surface area contributed by atoms with Gasteiger partial charge in [-0.15, -0.1) is 0 Å². The van der Waals surface area contributed by atoms with Crippen LogP contribution in [0.4, 0.5) is 0 Å². The second-order valence-electron chi connectivity index (χ2n) is 4.71. The molecule has 1 saturated heterocycles. The minimum Gasteiger partial charge on any atom is -0.380 e. The zero-order chi connectivity index (χ0) is 12.4. The Labute approximate surface area is 101 Å². The van der Waals surface area contributed by atoms with E-state index in [0.29, 0.717) is 13.0 Å². The van der Waals surface area contributed by atoms with Gasteiger partial charge >= 0.3 is 0 Å². The first-order chi connectivity index (χ1) is 8.17. The van der Waals surface area contributed by atoms with Crippen LogP contribution in [0.3, 0.4) is 0 Å². The Bertz CT molecular complexity index is 319. The van der Waals surface area contributed by atoms with Gasteiger partial charge in [-0.2, -0.15) is 0 Å². The quantitative estimate of drug-likeness (QED) is 0.718. The van der Waals surface area contributed by atoms with Crippen molar-refractivity contribution in [2.45, 2.75) is 50.8 Å². The van der Waals surface area contributed by atoms with Crippen molar-refractivity contribution in [2.75, 3.05) is 13.7 Å². The largest absolute Gasteiger partial charge is 0.380 e. The lowest BCUT2D eigenvalue weighted by atomic mass is 10.1. The standard InChI is InChI=1S/C12H20N2O3/c1-3-14-11(15)7-9(12(14)16)13-8-5-4-6-10(8)17-2/h8-10,13H,3-7H2,1-2H3. The average Bonchev–Trinajstić information content (AvgIpc) is 2.85. The fourth-order valence-electron chi connectivity index (χ4n) is 2.80. The summed E-state index contributed by atoms with van der Waals surface area (Å²) < 4.78 is 5.38. The van der Waals surface area contributed by atoms with Gasteiger partial charge < -0.3 is 10.1 Å². The molecular weight excluding hydrogens is 220 g/mol. The molecule has 3 unspecified atom stereocenters. The zero-order valence-corrected chi connectivity index (χ0v) is 10.4. The van der Waals surface area contributed by atoms with E-state index in [1.165, 1.54) is 4.90 Å². The molecule has 2 amide bonds. The molecule has 0 aromatic carbocycles. The number of methoxy groups -OCH3 is 1. The first kappa shape index (κ1) is 12.5. The van der Waals surface area contributed by atoms with E-state index in [1.54, 1.807) is 7.11 Å². The molecule has 17 heavy (non-hydrogen) atoms. The predicted octanol–water partition coefficient (Wildman–Crippen LogP) is 0.291. The van der Waals surface area contributed by atoms with Crippen LogP contribution in [0.5, 0.6) is 0 Å². The van der Waals surface area contributed by atoms with Crippen molar-refractivity contribution in [2.24, 2.45) is 0 Å². The van der Waals surface area contributed by atoms with Gasteiger partial charge in [0, 0.05) is 19.7 Å². The predicted molar refractivity (Wildman–Crippen MR) is 62.4 cm³/mol. The fraction of sp³-hybridized carbons (Fsp3) is 0.833. The highest BCUT2D eigenvalue weighted by atomic mass is 16.5. The first-order valence-electron chi connectivity index (χ1n) is 6.30. The zero-order valence-electron chi connectivity index (χ0n) is 10.4. The minimum absolute atomic E-state index is 0.0676. The van der Waals surface area contributed by atoms with Crippen molar-refractivity contribution in [3.05, 3.63) is 0 Å². The highest BCUT2D eigenvalue weighted by Gasteiger charge is 2.40. The minimum atomic E-state index is -0.344. The van der Waals surface area contributed by atoms with Gasteiger partial charge in [0.05, 0.1) is 18.6 Å². The van der Waals surface area contributed by atoms with E-state index in [4.69, 9.17) is 4.74 Å². The van der Waals surface area contributed by atoms with Crippen LogP contribution in [-0.4, -0.2) is 48.6 Å². The van der Waals surface area contributed by atoms with Crippen LogP contribution < -0.4 is 5.32 Å². The SMILES string of the molecule is CCN1C(=O)CC(NC2CCCC2OC)C1=O. The van der Waals surface area contributed by atoms with E-state index in [2.05, 4.69) is 5.32 Å². The van der Waals surface area contributed by atoms with Crippen molar-refractivity contribution in [1.82, 2.24) is 10.2 Å². The Morgan fingerprint density at radius 3 is 2.76 bits per heavy atom. The summed E-state index contributed by atoms with van der Waals surface area (Å²) in [6.07, 6.45) is 3.62. The maximum atomic E-state index is 11.9. The Morgan fingerprint density at radius 2 is 2.18 bits per heavy atom. The molecule has 1 heterocycles. The number of likely N-dealkylation sites (N-methyl/N-ethyl adjacent to an activating group) is 1. The third kappa shape index (κ3) is 2.35. The molecule has 1 aliphatic carbocycles. The van der Waals surface area contributed by atoms with Gasteiger partial charge in [0.15, 0.2) is 0 Å². The first-order valence-corrected chi connectivity index (χ1v) is 6.30. The van der Waals surface area contributed by atoms with Crippen LogP contribution in [0.25, 0.3) is 0 Å². The molecule has 0 aromatic rings. The number of carbonyl (C=O) groups excluding carboxylic acids is 2. The van der Waals surface area contributed by atoms with Crippen LogP contribution in [0.2, 0.25) is 0 Å². The van der Waals surface area contributed by atoms with Gasteiger partial charge in [-0.05, 0) is 26.2 Å². The van der Waals surface area contributed by atoms with E-state index in [9.17, 15) is 9.59 Å². The molecule has 0 bridgehead atoms. The third-order valence-electron chi connectivity index (χ3n) is 3.73. The van der Waals surface area contributed by atoms with Crippen LogP contribution in [0.1, 0.15) is 32.6 Å². The number of imide groups is 1. The Morgan fingerprint density at radius 1 is 1.41 bits per heavy atom. The molecule has 1 N–H and O–H groups in total. The van der Waals surface area contributed by atoms with Gasteiger partial charge in [0.1, 0.15) is 0 Å². The summed E-state index contributed by atoms with van der Waals surface area (Å²) in [5.41, 5.74) is 0. The Hall–Kier alpha value is -0.940. The van der Waals surface area contributed by atoms with Gasteiger partial charge in [-0.25, -0.2) is 0 Å². The van der Waals surface area contributed by atoms with Crippen molar-refractivity contribution < 1.29 is 14.3 Å². The number of ether oxygens (including phenoxy) is 1. The molecule has 5 nitrogen and oxygen atoms in total. The summed E-state index contributed by atoms with van der Waals surface area (Å²) in [6, 6.07) is -0.137. The molecule has 0 aromatic heterocycles. The number of hydrogen-bond donors (Lipinski definition) is 1. The number of carbonyl (C=O) groups is 2.